The number of phosphoric ester groups is 1. The molecule has 0 aliphatic carbocycles. The molecule has 0 aromatic heterocycles. The van der Waals surface area contributed by atoms with Gasteiger partial charge < -0.3 is 9.63 Å². The molecule has 0 bridgehead atoms. The van der Waals surface area contributed by atoms with E-state index < -0.39 is 7.82 Å². The summed E-state index contributed by atoms with van der Waals surface area (Å²) in [5.74, 6) is 0. The van der Waals surface area contributed by atoms with Gasteiger partial charge in [-0.05, 0) is 19.3 Å². The van der Waals surface area contributed by atoms with Crippen molar-refractivity contribution in [1.29, 1.82) is 0 Å². The molecule has 0 aliphatic rings. The van der Waals surface area contributed by atoms with E-state index in [2.05, 4.69) is 13.8 Å². The zero-order valence-electron chi connectivity index (χ0n) is 17.4. The molecule has 0 aromatic carbocycles. The monoisotopic (exact) mass is 394 g/mol. The summed E-state index contributed by atoms with van der Waals surface area (Å²) < 4.78 is 27.6. The predicted molar refractivity (Wildman–Crippen MR) is 108 cm³/mol. The fourth-order valence-corrected chi connectivity index (χ4v) is 3.76. The van der Waals surface area contributed by atoms with E-state index in [9.17, 15) is 9.46 Å². The number of rotatable bonds is 20. The Morgan fingerprint density at radius 1 is 0.769 bits per heavy atom. The van der Waals surface area contributed by atoms with Crippen LogP contribution in [-0.4, -0.2) is 24.4 Å². The lowest BCUT2D eigenvalue weighted by molar-refractivity contribution is -0.0157. The van der Waals surface area contributed by atoms with Crippen LogP contribution in [0.5, 0.6) is 0 Å². The second-order valence-electron chi connectivity index (χ2n) is 7.11. The Balaban J connectivity index is 4.16. The first-order valence-electron chi connectivity index (χ1n) is 10.8. The second-order valence-corrected chi connectivity index (χ2v) is 8.52. The highest BCUT2D eigenvalue weighted by molar-refractivity contribution is 7.47. The summed E-state index contributed by atoms with van der Waals surface area (Å²) >= 11 is 0. The molecule has 0 spiro atoms. The minimum atomic E-state index is -4.04. The fraction of sp³-hybridized carbons (Fsp3) is 1.00. The highest BCUT2D eigenvalue weighted by Gasteiger charge is 2.26. The summed E-state index contributed by atoms with van der Waals surface area (Å²) in [7, 11) is -4.04. The topological polar surface area (TPSA) is 65.0 Å². The van der Waals surface area contributed by atoms with E-state index in [1.165, 1.54) is 44.9 Å². The highest BCUT2D eigenvalue weighted by atomic mass is 31.2. The molecule has 26 heavy (non-hydrogen) atoms. The van der Waals surface area contributed by atoms with Crippen LogP contribution in [0.1, 0.15) is 111 Å². The van der Waals surface area contributed by atoms with Crippen molar-refractivity contribution in [1.82, 2.24) is 0 Å². The van der Waals surface area contributed by atoms with Gasteiger partial charge in [-0.2, -0.15) is 0 Å². The first kappa shape index (κ1) is 26.1. The molecular weight excluding hydrogens is 351 g/mol. The Kier molecular flexibility index (Phi) is 18.5. The van der Waals surface area contributed by atoms with Crippen LogP contribution in [0.3, 0.4) is 0 Å². The maximum atomic E-state index is 12.1. The predicted octanol–water partition coefficient (Wildman–Crippen LogP) is 6.98. The molecule has 2 atom stereocenters. The molecule has 0 saturated carbocycles. The Morgan fingerprint density at radius 3 is 1.81 bits per heavy atom. The highest BCUT2D eigenvalue weighted by Crippen LogP contribution is 2.46. The number of hydrogen-bond acceptors (Lipinski definition) is 4. The summed E-state index contributed by atoms with van der Waals surface area (Å²) in [6, 6.07) is 0. The lowest BCUT2D eigenvalue weighted by atomic mass is 10.0. The van der Waals surface area contributed by atoms with Crippen LogP contribution in [-0.2, 0) is 18.3 Å². The van der Waals surface area contributed by atoms with Crippen LogP contribution in [0.4, 0.5) is 0 Å². The normalized spacial score (nSPS) is 15.1. The molecule has 0 aromatic rings. The van der Waals surface area contributed by atoms with E-state index >= 15 is 0 Å². The van der Waals surface area contributed by atoms with Crippen LogP contribution in [0, 0.1) is 0 Å². The van der Waals surface area contributed by atoms with Crippen molar-refractivity contribution in [2.24, 2.45) is 0 Å². The maximum absolute atomic E-state index is 12.1. The van der Waals surface area contributed by atoms with Crippen LogP contribution < -0.4 is 0 Å². The van der Waals surface area contributed by atoms with Gasteiger partial charge in [0.15, 0.2) is 6.79 Å². The number of unbranched alkanes of at least 4 members (excludes halogenated alkanes) is 9. The van der Waals surface area contributed by atoms with Gasteiger partial charge in [0.25, 0.3) is 0 Å². The molecule has 0 saturated heterocycles. The SMILES string of the molecule is CCCCCCCCCC(CCCCCC)OP(=O)(O)OCOCCC. The average molecular weight is 395 g/mol. The van der Waals surface area contributed by atoms with Gasteiger partial charge in [-0.1, -0.05) is 91.4 Å². The minimum Gasteiger partial charge on any atom is -0.355 e. The summed E-state index contributed by atoms with van der Waals surface area (Å²) in [5.41, 5.74) is 0. The molecule has 0 heterocycles. The van der Waals surface area contributed by atoms with Gasteiger partial charge in [0.05, 0.1) is 6.10 Å². The van der Waals surface area contributed by atoms with E-state index in [0.717, 1.165) is 44.9 Å². The summed E-state index contributed by atoms with van der Waals surface area (Å²) in [6.45, 7) is 6.70. The van der Waals surface area contributed by atoms with Gasteiger partial charge in [-0.15, -0.1) is 0 Å². The van der Waals surface area contributed by atoms with Crippen molar-refractivity contribution < 1.29 is 23.2 Å². The van der Waals surface area contributed by atoms with Crippen molar-refractivity contribution in [2.75, 3.05) is 13.4 Å². The van der Waals surface area contributed by atoms with Gasteiger partial charge >= 0.3 is 7.82 Å². The number of phosphoric acid groups is 1. The zero-order valence-corrected chi connectivity index (χ0v) is 18.3. The van der Waals surface area contributed by atoms with E-state index in [1.807, 2.05) is 6.92 Å². The first-order valence-corrected chi connectivity index (χ1v) is 12.3. The van der Waals surface area contributed by atoms with Gasteiger partial charge in [0, 0.05) is 6.61 Å². The zero-order chi connectivity index (χ0) is 19.5. The van der Waals surface area contributed by atoms with E-state index in [4.69, 9.17) is 13.8 Å². The van der Waals surface area contributed by atoms with Gasteiger partial charge in [-0.3, -0.25) is 9.05 Å². The lowest BCUT2D eigenvalue weighted by Crippen LogP contribution is -2.13. The fourth-order valence-electron chi connectivity index (χ4n) is 2.90. The number of ether oxygens (including phenoxy) is 1. The van der Waals surface area contributed by atoms with Crippen molar-refractivity contribution in [3.8, 4) is 0 Å². The molecule has 0 radical (unpaired) electrons. The Morgan fingerprint density at radius 2 is 1.27 bits per heavy atom. The third kappa shape index (κ3) is 17.5. The van der Waals surface area contributed by atoms with Crippen LogP contribution in [0.2, 0.25) is 0 Å². The average Bonchev–Trinajstić information content (AvgIpc) is 2.61. The standard InChI is InChI=1S/C20H43O5P/c1-4-7-9-11-12-13-15-17-20(16-14-10-8-5-2)25-26(21,22)24-19-23-18-6-3/h20H,4-19H2,1-3H3,(H,21,22). The van der Waals surface area contributed by atoms with Gasteiger partial charge in [-0.25, -0.2) is 4.57 Å². The molecule has 0 fully saturated rings. The molecule has 6 heteroatoms. The summed E-state index contributed by atoms with van der Waals surface area (Å²) in [4.78, 5) is 9.92. The first-order chi connectivity index (χ1) is 12.6. The van der Waals surface area contributed by atoms with E-state index in [1.54, 1.807) is 0 Å². The third-order valence-electron chi connectivity index (χ3n) is 4.44. The Labute approximate surface area is 161 Å². The van der Waals surface area contributed by atoms with Crippen LogP contribution >= 0.6 is 7.82 Å². The summed E-state index contributed by atoms with van der Waals surface area (Å²) in [6.07, 6.45) is 15.4. The third-order valence-corrected chi connectivity index (χ3v) is 5.44. The van der Waals surface area contributed by atoms with Crippen LogP contribution in [0.25, 0.3) is 0 Å². The molecule has 158 valence electrons. The summed E-state index contributed by atoms with van der Waals surface area (Å²) in [5, 5.41) is 0. The molecule has 5 nitrogen and oxygen atoms in total. The van der Waals surface area contributed by atoms with Gasteiger partial charge in [0.1, 0.15) is 0 Å². The Bertz CT molecular complexity index is 338. The molecule has 2 unspecified atom stereocenters. The smallest absolute Gasteiger partial charge is 0.355 e. The molecule has 1 N–H and O–H groups in total. The maximum Gasteiger partial charge on any atom is 0.474 e. The number of hydrogen-bond donors (Lipinski definition) is 1. The molecule has 0 amide bonds. The molecule has 0 aliphatic heterocycles. The molecule has 0 rings (SSSR count). The van der Waals surface area contributed by atoms with Crippen molar-refractivity contribution in [2.45, 2.75) is 117 Å². The quantitative estimate of drug-likeness (QED) is 0.137. The van der Waals surface area contributed by atoms with Crippen molar-refractivity contribution in [3.05, 3.63) is 0 Å². The van der Waals surface area contributed by atoms with Crippen molar-refractivity contribution >= 4 is 7.82 Å². The Hall–Kier alpha value is 0.0700. The lowest BCUT2D eigenvalue weighted by Gasteiger charge is -2.21. The molecular formula is C20H43O5P. The van der Waals surface area contributed by atoms with E-state index in [0.29, 0.717) is 6.61 Å². The van der Waals surface area contributed by atoms with Crippen molar-refractivity contribution in [3.63, 3.8) is 0 Å². The van der Waals surface area contributed by atoms with Crippen LogP contribution in [0.15, 0.2) is 0 Å². The largest absolute Gasteiger partial charge is 0.474 e. The second kappa shape index (κ2) is 18.4. The minimum absolute atomic E-state index is 0.193. The van der Waals surface area contributed by atoms with E-state index in [-0.39, 0.29) is 12.9 Å². The van der Waals surface area contributed by atoms with Gasteiger partial charge in [0.2, 0.25) is 0 Å².